The summed E-state index contributed by atoms with van der Waals surface area (Å²) in [6.45, 7) is 5.34. The van der Waals surface area contributed by atoms with Gasteiger partial charge in [0.2, 0.25) is 5.91 Å². The molecule has 7 heteroatoms. The number of fused-ring (bicyclic) bond motifs is 1. The molecule has 26 heavy (non-hydrogen) atoms. The first kappa shape index (κ1) is 20.0. The molecule has 2 amide bonds. The molecular weight excluding hydrogens is 334 g/mol. The number of methoxy groups -OCH3 is 1. The molecule has 0 saturated heterocycles. The maximum atomic E-state index is 12.4. The van der Waals surface area contributed by atoms with Crippen molar-refractivity contribution in [3.8, 4) is 5.75 Å². The van der Waals surface area contributed by atoms with Crippen molar-refractivity contribution in [1.29, 1.82) is 0 Å². The van der Waals surface area contributed by atoms with Gasteiger partial charge in [-0.1, -0.05) is 0 Å². The lowest BCUT2D eigenvalue weighted by Crippen LogP contribution is -2.45. The van der Waals surface area contributed by atoms with Gasteiger partial charge in [0.05, 0.1) is 24.8 Å². The zero-order valence-corrected chi connectivity index (χ0v) is 16.2. The fourth-order valence-corrected chi connectivity index (χ4v) is 2.75. The number of anilines is 1. The zero-order valence-electron chi connectivity index (χ0n) is 16.2. The van der Waals surface area contributed by atoms with Gasteiger partial charge in [-0.15, -0.1) is 0 Å². The SMILES string of the molecule is COCCNC(=O)c1ccc2c(c1)N(C)C(CC(=O)N(C)C(C)C)CO2. The molecule has 0 spiro atoms. The number of amides is 2. The largest absolute Gasteiger partial charge is 0.489 e. The van der Waals surface area contributed by atoms with E-state index in [0.29, 0.717) is 31.7 Å². The second kappa shape index (κ2) is 8.89. The fraction of sp³-hybridized carbons (Fsp3) is 0.579. The van der Waals surface area contributed by atoms with Crippen LogP contribution in [0.1, 0.15) is 30.6 Å². The van der Waals surface area contributed by atoms with Gasteiger partial charge in [-0.2, -0.15) is 0 Å². The molecule has 7 nitrogen and oxygen atoms in total. The van der Waals surface area contributed by atoms with Crippen LogP contribution >= 0.6 is 0 Å². The fourth-order valence-electron chi connectivity index (χ4n) is 2.75. The predicted molar refractivity (Wildman–Crippen MR) is 101 cm³/mol. The highest BCUT2D eigenvalue weighted by atomic mass is 16.5. The number of benzene rings is 1. The van der Waals surface area contributed by atoms with Gasteiger partial charge in [0, 0.05) is 39.4 Å². The Balaban J connectivity index is 2.10. The number of nitrogens with one attached hydrogen (secondary N) is 1. The highest BCUT2D eigenvalue weighted by molar-refractivity contribution is 5.95. The lowest BCUT2D eigenvalue weighted by molar-refractivity contribution is -0.131. The molecule has 0 bridgehead atoms. The maximum Gasteiger partial charge on any atom is 0.251 e. The summed E-state index contributed by atoms with van der Waals surface area (Å²) in [6, 6.07) is 5.44. The van der Waals surface area contributed by atoms with E-state index in [-0.39, 0.29) is 23.9 Å². The second-order valence-electron chi connectivity index (χ2n) is 6.81. The Morgan fingerprint density at radius 3 is 2.81 bits per heavy atom. The predicted octanol–water partition coefficient (Wildman–Crippen LogP) is 1.52. The number of nitrogens with zero attached hydrogens (tertiary/aromatic N) is 2. The molecule has 2 rings (SSSR count). The van der Waals surface area contributed by atoms with E-state index in [1.807, 2.05) is 32.8 Å². The minimum absolute atomic E-state index is 0.0667. The maximum absolute atomic E-state index is 12.4. The van der Waals surface area contributed by atoms with E-state index in [4.69, 9.17) is 9.47 Å². The summed E-state index contributed by atoms with van der Waals surface area (Å²) in [6.07, 6.45) is 0.370. The number of hydrogen-bond donors (Lipinski definition) is 1. The van der Waals surface area contributed by atoms with Gasteiger partial charge in [-0.25, -0.2) is 0 Å². The Kier molecular flexibility index (Phi) is 6.85. The van der Waals surface area contributed by atoms with Gasteiger partial charge in [0.25, 0.3) is 5.91 Å². The van der Waals surface area contributed by atoms with Crippen LogP contribution < -0.4 is 15.0 Å². The summed E-state index contributed by atoms with van der Waals surface area (Å²) in [5.41, 5.74) is 1.38. The molecule has 1 atom stereocenters. The van der Waals surface area contributed by atoms with Crippen molar-refractivity contribution < 1.29 is 19.1 Å². The number of ether oxygens (including phenoxy) is 2. The Morgan fingerprint density at radius 1 is 1.42 bits per heavy atom. The third-order valence-electron chi connectivity index (χ3n) is 4.75. The summed E-state index contributed by atoms with van der Waals surface area (Å²) in [5, 5.41) is 2.81. The van der Waals surface area contributed by atoms with Crippen LogP contribution in [-0.2, 0) is 9.53 Å². The molecule has 144 valence electrons. The second-order valence-corrected chi connectivity index (χ2v) is 6.81. The lowest BCUT2D eigenvalue weighted by Gasteiger charge is -2.36. The van der Waals surface area contributed by atoms with Crippen LogP contribution in [0.5, 0.6) is 5.75 Å². The van der Waals surface area contributed by atoms with Crippen molar-refractivity contribution in [2.45, 2.75) is 32.4 Å². The van der Waals surface area contributed by atoms with Crippen LogP contribution in [0, 0.1) is 0 Å². The number of likely N-dealkylation sites (N-methyl/N-ethyl adjacent to an activating group) is 1. The monoisotopic (exact) mass is 363 g/mol. The van der Waals surface area contributed by atoms with Crippen molar-refractivity contribution in [1.82, 2.24) is 10.2 Å². The van der Waals surface area contributed by atoms with Crippen LogP contribution in [0.2, 0.25) is 0 Å². The molecule has 1 aliphatic heterocycles. The molecule has 0 aromatic heterocycles. The number of hydrogen-bond acceptors (Lipinski definition) is 5. The van der Waals surface area contributed by atoms with Crippen LogP contribution in [0.4, 0.5) is 5.69 Å². The Hall–Kier alpha value is -2.28. The molecular formula is C19H29N3O4. The van der Waals surface area contributed by atoms with E-state index in [2.05, 4.69) is 5.32 Å². The summed E-state index contributed by atoms with van der Waals surface area (Å²) in [7, 11) is 5.34. The van der Waals surface area contributed by atoms with E-state index in [1.54, 1.807) is 30.2 Å². The minimum Gasteiger partial charge on any atom is -0.489 e. The molecule has 1 heterocycles. The van der Waals surface area contributed by atoms with Gasteiger partial charge in [-0.05, 0) is 32.0 Å². The third kappa shape index (κ3) is 4.66. The molecule has 1 aromatic rings. The van der Waals surface area contributed by atoms with Crippen molar-refractivity contribution in [3.05, 3.63) is 23.8 Å². The smallest absolute Gasteiger partial charge is 0.251 e. The van der Waals surface area contributed by atoms with Crippen molar-refractivity contribution in [3.63, 3.8) is 0 Å². The summed E-state index contributed by atoms with van der Waals surface area (Å²) in [5.74, 6) is 0.648. The van der Waals surface area contributed by atoms with E-state index in [0.717, 1.165) is 11.4 Å². The average molecular weight is 363 g/mol. The summed E-state index contributed by atoms with van der Waals surface area (Å²) < 4.78 is 10.8. The molecule has 0 fully saturated rings. The molecule has 1 aliphatic rings. The average Bonchev–Trinajstić information content (AvgIpc) is 2.63. The van der Waals surface area contributed by atoms with Crippen LogP contribution in [0.3, 0.4) is 0 Å². The van der Waals surface area contributed by atoms with Gasteiger partial charge in [-0.3, -0.25) is 9.59 Å². The summed E-state index contributed by atoms with van der Waals surface area (Å²) in [4.78, 5) is 28.4. The quantitative estimate of drug-likeness (QED) is 0.744. The normalized spacial score (nSPS) is 16.1. The van der Waals surface area contributed by atoms with Gasteiger partial charge in [0.15, 0.2) is 0 Å². The van der Waals surface area contributed by atoms with Crippen molar-refractivity contribution in [2.24, 2.45) is 0 Å². The first-order valence-corrected chi connectivity index (χ1v) is 8.87. The molecule has 0 radical (unpaired) electrons. The summed E-state index contributed by atoms with van der Waals surface area (Å²) >= 11 is 0. The molecule has 1 N–H and O–H groups in total. The van der Waals surface area contributed by atoms with Gasteiger partial charge >= 0.3 is 0 Å². The molecule has 1 aromatic carbocycles. The molecule has 0 saturated carbocycles. The van der Waals surface area contributed by atoms with E-state index >= 15 is 0 Å². The Bertz CT molecular complexity index is 648. The van der Waals surface area contributed by atoms with Crippen molar-refractivity contribution >= 4 is 17.5 Å². The number of carbonyl (C=O) groups excluding carboxylic acids is 2. The minimum atomic E-state index is -0.156. The lowest BCUT2D eigenvalue weighted by atomic mass is 10.1. The number of carbonyl (C=O) groups is 2. The van der Waals surface area contributed by atoms with Gasteiger partial charge in [0.1, 0.15) is 12.4 Å². The Labute approximate surface area is 155 Å². The van der Waals surface area contributed by atoms with Crippen LogP contribution in [0.15, 0.2) is 18.2 Å². The van der Waals surface area contributed by atoms with Gasteiger partial charge < -0.3 is 24.6 Å². The highest BCUT2D eigenvalue weighted by Gasteiger charge is 2.29. The Morgan fingerprint density at radius 2 is 2.15 bits per heavy atom. The molecule has 1 unspecified atom stereocenters. The van der Waals surface area contributed by atoms with Crippen LogP contribution in [-0.4, -0.2) is 69.8 Å². The third-order valence-corrected chi connectivity index (χ3v) is 4.75. The van der Waals surface area contributed by atoms with E-state index in [1.165, 1.54) is 0 Å². The topological polar surface area (TPSA) is 71.1 Å². The zero-order chi connectivity index (χ0) is 19.3. The van der Waals surface area contributed by atoms with Crippen molar-refractivity contribution in [2.75, 3.05) is 45.9 Å². The van der Waals surface area contributed by atoms with E-state index in [9.17, 15) is 9.59 Å². The first-order valence-electron chi connectivity index (χ1n) is 8.87. The first-order chi connectivity index (χ1) is 12.3. The molecule has 0 aliphatic carbocycles. The van der Waals surface area contributed by atoms with E-state index < -0.39 is 0 Å². The van der Waals surface area contributed by atoms with Crippen LogP contribution in [0.25, 0.3) is 0 Å². The standard InChI is InChI=1S/C19H29N3O4/c1-13(2)21(3)18(23)11-15-12-26-17-7-6-14(10-16(17)22(15)4)19(24)20-8-9-25-5/h6-7,10,13,15H,8-9,11-12H2,1-5H3,(H,20,24). The number of rotatable bonds is 7. The highest BCUT2D eigenvalue weighted by Crippen LogP contribution is 2.34.